The third kappa shape index (κ3) is 4.35. The molecule has 0 bridgehead atoms. The van der Waals surface area contributed by atoms with Crippen molar-refractivity contribution >= 4 is 17.2 Å². The first-order valence-corrected chi connectivity index (χ1v) is 9.00. The molecule has 0 aliphatic carbocycles. The van der Waals surface area contributed by atoms with Crippen LogP contribution in [0.25, 0.3) is 10.4 Å². The zero-order valence-electron chi connectivity index (χ0n) is 13.9. The summed E-state index contributed by atoms with van der Waals surface area (Å²) in [6.07, 6.45) is 1.93. The molecule has 1 aromatic carbocycles. The number of amides is 1. The smallest absolute Gasteiger partial charge is 0.387 e. The van der Waals surface area contributed by atoms with Crippen molar-refractivity contribution in [3.63, 3.8) is 0 Å². The highest BCUT2D eigenvalue weighted by atomic mass is 32.1. The summed E-state index contributed by atoms with van der Waals surface area (Å²) in [5, 5.41) is 3.25. The van der Waals surface area contributed by atoms with Gasteiger partial charge in [0.05, 0.1) is 4.88 Å². The number of rotatable bonds is 5. The summed E-state index contributed by atoms with van der Waals surface area (Å²) < 4.78 is 28.7. The lowest BCUT2D eigenvalue weighted by Gasteiger charge is -2.31. The summed E-state index contributed by atoms with van der Waals surface area (Å²) in [6, 6.07) is 10.7. The number of nitrogens with zero attached hydrogens (tertiary/aromatic N) is 1. The molecule has 1 aliphatic rings. The van der Waals surface area contributed by atoms with Gasteiger partial charge >= 0.3 is 6.61 Å². The van der Waals surface area contributed by atoms with Crippen molar-refractivity contribution < 1.29 is 18.3 Å². The molecular weight excluding hydrogens is 346 g/mol. The number of thiophene rings is 1. The number of likely N-dealkylation sites (tertiary alicyclic amines) is 1. The molecule has 0 unspecified atom stereocenters. The average molecular weight is 366 g/mol. The fourth-order valence-corrected chi connectivity index (χ4v) is 3.92. The number of carbonyl (C=O) groups excluding carboxylic acids is 1. The van der Waals surface area contributed by atoms with E-state index < -0.39 is 6.61 Å². The van der Waals surface area contributed by atoms with Gasteiger partial charge < -0.3 is 15.0 Å². The van der Waals surface area contributed by atoms with Crippen LogP contribution in [0.4, 0.5) is 8.78 Å². The molecule has 25 heavy (non-hydrogen) atoms. The van der Waals surface area contributed by atoms with Crippen LogP contribution < -0.4 is 10.1 Å². The maximum atomic E-state index is 12.6. The average Bonchev–Trinajstić information content (AvgIpc) is 3.11. The largest absolute Gasteiger partial charge is 0.435 e. The van der Waals surface area contributed by atoms with E-state index in [2.05, 4.69) is 10.1 Å². The fourth-order valence-electron chi connectivity index (χ4n) is 2.94. The third-order valence-electron chi connectivity index (χ3n) is 4.37. The van der Waals surface area contributed by atoms with Gasteiger partial charge in [-0.2, -0.15) is 8.78 Å². The molecule has 0 radical (unpaired) electrons. The van der Waals surface area contributed by atoms with E-state index >= 15 is 0 Å². The molecule has 1 fully saturated rings. The minimum absolute atomic E-state index is 0.0588. The zero-order chi connectivity index (χ0) is 17.8. The summed E-state index contributed by atoms with van der Waals surface area (Å²) in [5.74, 6) is 0.183. The van der Waals surface area contributed by atoms with Crippen molar-refractivity contribution in [3.8, 4) is 16.2 Å². The molecule has 1 aliphatic heterocycles. The number of alkyl halides is 2. The molecule has 7 heteroatoms. The molecular formula is C18H20F2N2O2S. The molecule has 1 saturated heterocycles. The molecule has 0 saturated carbocycles. The second-order valence-corrected chi connectivity index (χ2v) is 7.01. The predicted molar refractivity (Wildman–Crippen MR) is 94.4 cm³/mol. The minimum Gasteiger partial charge on any atom is -0.435 e. The molecule has 0 atom stereocenters. The highest BCUT2D eigenvalue weighted by Gasteiger charge is 2.23. The van der Waals surface area contributed by atoms with Crippen molar-refractivity contribution in [1.82, 2.24) is 10.2 Å². The van der Waals surface area contributed by atoms with E-state index in [-0.39, 0.29) is 11.7 Å². The summed E-state index contributed by atoms with van der Waals surface area (Å²) in [4.78, 5) is 16.1. The molecule has 3 rings (SSSR count). The molecule has 2 heterocycles. The van der Waals surface area contributed by atoms with Gasteiger partial charge in [-0.1, -0.05) is 0 Å². The second-order valence-electron chi connectivity index (χ2n) is 5.92. The van der Waals surface area contributed by atoms with E-state index in [1.807, 2.05) is 24.1 Å². The Hall–Kier alpha value is -1.99. The van der Waals surface area contributed by atoms with Crippen molar-refractivity contribution in [2.24, 2.45) is 0 Å². The van der Waals surface area contributed by atoms with Crippen LogP contribution in [0.5, 0.6) is 5.75 Å². The van der Waals surface area contributed by atoms with Gasteiger partial charge in [-0.05, 0) is 61.9 Å². The van der Waals surface area contributed by atoms with E-state index in [0.717, 1.165) is 36.4 Å². The topological polar surface area (TPSA) is 41.6 Å². The lowest BCUT2D eigenvalue weighted by Crippen LogP contribution is -2.43. The highest BCUT2D eigenvalue weighted by molar-refractivity contribution is 7.17. The first kappa shape index (κ1) is 17.8. The van der Waals surface area contributed by atoms with E-state index in [1.54, 1.807) is 12.1 Å². The number of piperidine rings is 1. The number of benzene rings is 1. The van der Waals surface area contributed by atoms with Crippen LogP contribution in [0.2, 0.25) is 0 Å². The molecule has 1 N–H and O–H groups in total. The molecule has 1 aromatic heterocycles. The van der Waals surface area contributed by atoms with E-state index in [1.165, 1.54) is 23.5 Å². The predicted octanol–water partition coefficient (Wildman–Crippen LogP) is 3.84. The number of hydrogen-bond acceptors (Lipinski definition) is 4. The lowest BCUT2D eigenvalue weighted by atomic mass is 10.1. The van der Waals surface area contributed by atoms with Gasteiger partial charge in [-0.25, -0.2) is 0 Å². The molecule has 2 aromatic rings. The number of ether oxygens (including phenoxy) is 1. The Morgan fingerprint density at radius 1 is 1.20 bits per heavy atom. The van der Waals surface area contributed by atoms with E-state index in [4.69, 9.17) is 0 Å². The normalized spacial score (nSPS) is 15.6. The summed E-state index contributed by atoms with van der Waals surface area (Å²) in [7, 11) is 1.95. The van der Waals surface area contributed by atoms with Crippen LogP contribution >= 0.6 is 11.3 Å². The first-order valence-electron chi connectivity index (χ1n) is 8.18. The molecule has 134 valence electrons. The highest BCUT2D eigenvalue weighted by Crippen LogP contribution is 2.30. The van der Waals surface area contributed by atoms with Gasteiger partial charge in [0, 0.05) is 24.0 Å². The number of hydrogen-bond donors (Lipinski definition) is 1. The Morgan fingerprint density at radius 2 is 1.88 bits per heavy atom. The van der Waals surface area contributed by atoms with Gasteiger partial charge in [-0.3, -0.25) is 4.79 Å². The van der Waals surface area contributed by atoms with E-state index in [9.17, 15) is 13.6 Å². The number of halogens is 2. The standard InChI is InChI=1S/C18H20F2N2O2S/c1-21-13-8-10-22(11-9-13)17(23)16-7-6-15(25-16)12-2-4-14(5-3-12)24-18(19)20/h2-7,13,18,21H,8-11H2,1H3. The minimum atomic E-state index is -2.83. The van der Waals surface area contributed by atoms with Gasteiger partial charge in [0.25, 0.3) is 5.91 Å². The van der Waals surface area contributed by atoms with Crippen LogP contribution in [0.1, 0.15) is 22.5 Å². The SMILES string of the molecule is CNC1CCN(C(=O)c2ccc(-c3ccc(OC(F)F)cc3)s2)CC1. The maximum absolute atomic E-state index is 12.6. The van der Waals surface area contributed by atoms with Crippen LogP contribution in [-0.4, -0.2) is 43.6 Å². The fraction of sp³-hybridized carbons (Fsp3) is 0.389. The molecule has 0 spiro atoms. The van der Waals surface area contributed by atoms with Gasteiger partial charge in [-0.15, -0.1) is 11.3 Å². The Morgan fingerprint density at radius 3 is 2.48 bits per heavy atom. The zero-order valence-corrected chi connectivity index (χ0v) is 14.7. The van der Waals surface area contributed by atoms with Crippen LogP contribution in [0.3, 0.4) is 0 Å². The third-order valence-corrected chi connectivity index (χ3v) is 5.49. The van der Waals surface area contributed by atoms with E-state index in [0.29, 0.717) is 10.9 Å². The quantitative estimate of drug-likeness (QED) is 0.874. The number of carbonyl (C=O) groups is 1. The first-order chi connectivity index (χ1) is 12.1. The summed E-state index contributed by atoms with van der Waals surface area (Å²) in [6.45, 7) is -1.31. The van der Waals surface area contributed by atoms with Gasteiger partial charge in [0.2, 0.25) is 0 Å². The second kappa shape index (κ2) is 7.93. The van der Waals surface area contributed by atoms with Crippen LogP contribution in [0.15, 0.2) is 36.4 Å². The monoisotopic (exact) mass is 366 g/mol. The van der Waals surface area contributed by atoms with Crippen molar-refractivity contribution in [2.75, 3.05) is 20.1 Å². The van der Waals surface area contributed by atoms with Crippen LogP contribution in [0, 0.1) is 0 Å². The molecule has 1 amide bonds. The molecule has 4 nitrogen and oxygen atoms in total. The Bertz CT molecular complexity index is 710. The lowest BCUT2D eigenvalue weighted by molar-refractivity contribution is -0.0498. The van der Waals surface area contributed by atoms with Crippen molar-refractivity contribution in [1.29, 1.82) is 0 Å². The summed E-state index contributed by atoms with van der Waals surface area (Å²) >= 11 is 1.42. The van der Waals surface area contributed by atoms with Crippen LogP contribution in [-0.2, 0) is 0 Å². The van der Waals surface area contributed by atoms with Gasteiger partial charge in [0.15, 0.2) is 0 Å². The maximum Gasteiger partial charge on any atom is 0.387 e. The Labute approximate surface area is 149 Å². The van der Waals surface area contributed by atoms with Gasteiger partial charge in [0.1, 0.15) is 5.75 Å². The Kier molecular flexibility index (Phi) is 5.65. The summed E-state index contributed by atoms with van der Waals surface area (Å²) in [5.41, 5.74) is 0.875. The Balaban J connectivity index is 1.66. The van der Waals surface area contributed by atoms with Crippen molar-refractivity contribution in [3.05, 3.63) is 41.3 Å². The number of nitrogens with one attached hydrogen (secondary N) is 1. The van der Waals surface area contributed by atoms with Crippen molar-refractivity contribution in [2.45, 2.75) is 25.5 Å².